The van der Waals surface area contributed by atoms with Crippen LogP contribution in [0, 0.1) is 5.82 Å². The van der Waals surface area contributed by atoms with E-state index in [9.17, 15) is 14.0 Å². The first-order valence-electron chi connectivity index (χ1n) is 6.61. The van der Waals surface area contributed by atoms with Crippen LogP contribution in [0.4, 0.5) is 4.39 Å². The summed E-state index contributed by atoms with van der Waals surface area (Å²) in [4.78, 5) is 28.9. The fourth-order valence-electron chi connectivity index (χ4n) is 2.51. The minimum Gasteiger partial charge on any atom is -0.432 e. The van der Waals surface area contributed by atoms with Crippen LogP contribution in [-0.2, 0) is 0 Å². The molecule has 22 heavy (non-hydrogen) atoms. The van der Waals surface area contributed by atoms with Crippen molar-refractivity contribution in [3.8, 4) is 11.5 Å². The second-order valence-corrected chi connectivity index (χ2v) is 4.88. The normalized spacial score (nSPS) is 13.0. The third-order valence-electron chi connectivity index (χ3n) is 3.57. The molecule has 0 aliphatic heterocycles. The lowest BCUT2D eigenvalue weighted by molar-refractivity contribution is 0.0959. The molecule has 106 valence electrons. The van der Waals surface area contributed by atoms with Crippen molar-refractivity contribution in [2.24, 2.45) is 0 Å². The van der Waals surface area contributed by atoms with E-state index in [1.807, 2.05) is 0 Å². The molecule has 0 radical (unpaired) electrons. The minimum atomic E-state index is -0.529. The molecule has 3 aromatic rings. The first-order valence-corrected chi connectivity index (χ1v) is 6.61. The fourth-order valence-corrected chi connectivity index (χ4v) is 2.51. The van der Waals surface area contributed by atoms with Gasteiger partial charge in [-0.2, -0.15) is 0 Å². The van der Waals surface area contributed by atoms with Gasteiger partial charge in [-0.1, -0.05) is 36.4 Å². The van der Waals surface area contributed by atoms with Crippen LogP contribution < -0.4 is 0 Å². The predicted octanol–water partition coefficient (Wildman–Crippen LogP) is 3.26. The van der Waals surface area contributed by atoms with Crippen LogP contribution in [0.5, 0.6) is 0 Å². The van der Waals surface area contributed by atoms with Crippen LogP contribution in [0.15, 0.2) is 52.9 Å². The van der Waals surface area contributed by atoms with Gasteiger partial charge >= 0.3 is 0 Å². The van der Waals surface area contributed by atoms with Gasteiger partial charge in [-0.3, -0.25) is 9.59 Å². The van der Waals surface area contributed by atoms with E-state index in [-0.39, 0.29) is 34.0 Å². The molecule has 4 rings (SSSR count). The molecular weight excluding hydrogens is 285 g/mol. The Morgan fingerprint density at radius 3 is 2.09 bits per heavy atom. The molecule has 1 aromatic heterocycles. The third-order valence-corrected chi connectivity index (χ3v) is 3.57. The Morgan fingerprint density at radius 2 is 1.41 bits per heavy atom. The Labute approximate surface area is 124 Å². The first-order chi connectivity index (χ1) is 10.7. The van der Waals surface area contributed by atoms with Crippen molar-refractivity contribution in [2.75, 3.05) is 0 Å². The van der Waals surface area contributed by atoms with Gasteiger partial charge in [-0.25, -0.2) is 9.37 Å². The molecule has 1 heterocycles. The number of carbonyl (C=O) groups excluding carboxylic acids is 2. The molecule has 5 heteroatoms. The van der Waals surface area contributed by atoms with Crippen molar-refractivity contribution in [2.45, 2.75) is 0 Å². The molecule has 0 amide bonds. The number of oxazole rings is 1. The summed E-state index contributed by atoms with van der Waals surface area (Å²) >= 11 is 0. The lowest BCUT2D eigenvalue weighted by atomic mass is 9.91. The third kappa shape index (κ3) is 1.65. The zero-order chi connectivity index (χ0) is 15.3. The van der Waals surface area contributed by atoms with Crippen LogP contribution >= 0.6 is 0 Å². The maximum absolute atomic E-state index is 13.8. The molecule has 4 nitrogen and oxygen atoms in total. The fraction of sp³-hybridized carbons (Fsp3) is 0. The minimum absolute atomic E-state index is 0.0676. The molecule has 0 spiro atoms. The standard InChI is InChI=1S/C17H8FNO3/c18-12-8-4-3-7-11(12)17-19-13-14(20)9-5-1-2-6-10(9)15(21)16(13)22-17/h1-8H. The average Bonchev–Trinajstić information content (AvgIpc) is 2.98. The van der Waals surface area contributed by atoms with Gasteiger partial charge < -0.3 is 4.42 Å². The van der Waals surface area contributed by atoms with Gasteiger partial charge in [0.25, 0.3) is 0 Å². The monoisotopic (exact) mass is 293 g/mol. The van der Waals surface area contributed by atoms with Crippen molar-refractivity contribution in [1.29, 1.82) is 0 Å². The van der Waals surface area contributed by atoms with Gasteiger partial charge in [0.1, 0.15) is 5.82 Å². The topological polar surface area (TPSA) is 60.2 Å². The van der Waals surface area contributed by atoms with E-state index in [0.717, 1.165) is 0 Å². The predicted molar refractivity (Wildman–Crippen MR) is 75.2 cm³/mol. The van der Waals surface area contributed by atoms with Gasteiger partial charge in [0, 0.05) is 11.1 Å². The number of carbonyl (C=O) groups is 2. The summed E-state index contributed by atoms with van der Waals surface area (Å²) in [5, 5.41) is 0. The Kier molecular flexibility index (Phi) is 2.56. The second kappa shape index (κ2) is 4.46. The highest BCUT2D eigenvalue weighted by Crippen LogP contribution is 2.31. The van der Waals surface area contributed by atoms with Gasteiger partial charge in [0.2, 0.25) is 23.2 Å². The Hall–Kier alpha value is -3.08. The molecule has 0 atom stereocenters. The van der Waals surface area contributed by atoms with E-state index in [1.54, 1.807) is 30.3 Å². The van der Waals surface area contributed by atoms with Crippen LogP contribution in [0.1, 0.15) is 32.2 Å². The zero-order valence-corrected chi connectivity index (χ0v) is 11.2. The molecule has 0 fully saturated rings. The first kappa shape index (κ1) is 12.6. The maximum atomic E-state index is 13.8. The SMILES string of the molecule is O=C1c2ccccc2C(=O)c2oc(-c3ccccc3F)nc21. The van der Waals surface area contributed by atoms with E-state index >= 15 is 0 Å². The highest BCUT2D eigenvalue weighted by atomic mass is 19.1. The number of rotatable bonds is 1. The van der Waals surface area contributed by atoms with E-state index in [0.29, 0.717) is 0 Å². The number of halogens is 1. The second-order valence-electron chi connectivity index (χ2n) is 4.88. The number of benzene rings is 2. The molecule has 1 aliphatic rings. The maximum Gasteiger partial charge on any atom is 0.231 e. The highest BCUT2D eigenvalue weighted by molar-refractivity contribution is 6.26. The number of hydrogen-bond donors (Lipinski definition) is 0. The van der Waals surface area contributed by atoms with Crippen LogP contribution in [0.2, 0.25) is 0 Å². The summed E-state index contributed by atoms with van der Waals surface area (Å²) in [5.74, 6) is -1.55. The quantitative estimate of drug-likeness (QED) is 0.540. The molecule has 0 saturated carbocycles. The number of nitrogens with zero attached hydrogens (tertiary/aromatic N) is 1. The van der Waals surface area contributed by atoms with Gasteiger partial charge in [-0.05, 0) is 12.1 Å². The molecule has 1 aliphatic carbocycles. The van der Waals surface area contributed by atoms with Gasteiger partial charge in [0.05, 0.1) is 5.56 Å². The summed E-state index contributed by atoms with van der Waals surface area (Å²) in [6.07, 6.45) is 0. The van der Waals surface area contributed by atoms with Crippen molar-refractivity contribution in [3.05, 3.63) is 76.9 Å². The smallest absolute Gasteiger partial charge is 0.231 e. The lowest BCUT2D eigenvalue weighted by Gasteiger charge is -2.10. The van der Waals surface area contributed by atoms with E-state index in [2.05, 4.69) is 4.98 Å². The number of aromatic nitrogens is 1. The van der Waals surface area contributed by atoms with Crippen molar-refractivity contribution < 1.29 is 18.4 Å². The number of ketones is 2. The summed E-state index contributed by atoms with van der Waals surface area (Å²) in [6, 6.07) is 12.4. The highest BCUT2D eigenvalue weighted by Gasteiger charge is 2.35. The van der Waals surface area contributed by atoms with Crippen molar-refractivity contribution >= 4 is 11.6 Å². The number of hydrogen-bond acceptors (Lipinski definition) is 4. The Bertz CT molecular complexity index is 890. The Morgan fingerprint density at radius 1 is 0.818 bits per heavy atom. The van der Waals surface area contributed by atoms with E-state index < -0.39 is 17.4 Å². The molecular formula is C17H8FNO3. The molecule has 0 saturated heterocycles. The van der Waals surface area contributed by atoms with Crippen LogP contribution in [0.3, 0.4) is 0 Å². The zero-order valence-electron chi connectivity index (χ0n) is 11.2. The van der Waals surface area contributed by atoms with Gasteiger partial charge in [0.15, 0.2) is 5.69 Å². The summed E-state index contributed by atoms with van der Waals surface area (Å²) in [7, 11) is 0. The summed E-state index contributed by atoms with van der Waals surface area (Å²) < 4.78 is 19.2. The molecule has 0 unspecified atom stereocenters. The van der Waals surface area contributed by atoms with E-state index in [1.165, 1.54) is 18.2 Å². The lowest BCUT2D eigenvalue weighted by Crippen LogP contribution is -2.19. The summed E-state index contributed by atoms with van der Waals surface area (Å²) in [5.41, 5.74) is 0.605. The van der Waals surface area contributed by atoms with Crippen LogP contribution in [0.25, 0.3) is 11.5 Å². The van der Waals surface area contributed by atoms with E-state index in [4.69, 9.17) is 4.42 Å². The average molecular weight is 293 g/mol. The Balaban J connectivity index is 1.93. The molecule has 0 N–H and O–H groups in total. The summed E-state index contributed by atoms with van der Waals surface area (Å²) in [6.45, 7) is 0. The van der Waals surface area contributed by atoms with Crippen molar-refractivity contribution in [1.82, 2.24) is 4.98 Å². The number of fused-ring (bicyclic) bond motifs is 2. The molecule has 2 aromatic carbocycles. The van der Waals surface area contributed by atoms with Crippen LogP contribution in [-0.4, -0.2) is 16.6 Å². The largest absolute Gasteiger partial charge is 0.432 e. The van der Waals surface area contributed by atoms with Crippen molar-refractivity contribution in [3.63, 3.8) is 0 Å². The molecule has 0 bridgehead atoms. The van der Waals surface area contributed by atoms with Gasteiger partial charge in [-0.15, -0.1) is 0 Å².